The van der Waals surface area contributed by atoms with Crippen LogP contribution in [0.5, 0.6) is 0 Å². The molecule has 242 valence electrons. The summed E-state index contributed by atoms with van der Waals surface area (Å²) in [5.41, 5.74) is 0. The molecule has 14 heteroatoms. The molecule has 0 aromatic rings. The highest BCUT2D eigenvalue weighted by Crippen LogP contribution is 2.08. The zero-order chi connectivity index (χ0) is 30.5. The average molecular weight is 589 g/mol. The number of aliphatic hydroxyl groups excluding tert-OH is 10. The van der Waals surface area contributed by atoms with E-state index in [1.807, 2.05) is 13.8 Å². The van der Waals surface area contributed by atoms with Gasteiger partial charge in [-0.05, 0) is 12.8 Å². The highest BCUT2D eigenvalue weighted by molar-refractivity contribution is 4.82. The molecule has 0 aliphatic carbocycles. The van der Waals surface area contributed by atoms with Gasteiger partial charge in [-0.3, -0.25) is 9.80 Å². The second kappa shape index (κ2) is 23.9. The van der Waals surface area contributed by atoms with Crippen molar-refractivity contribution >= 4 is 0 Å². The number of ether oxygens (including phenoxy) is 2. The van der Waals surface area contributed by atoms with Crippen molar-refractivity contribution in [3.8, 4) is 0 Å². The van der Waals surface area contributed by atoms with Crippen molar-refractivity contribution in [1.29, 1.82) is 0 Å². The van der Waals surface area contributed by atoms with Crippen LogP contribution < -0.4 is 0 Å². The summed E-state index contributed by atoms with van der Waals surface area (Å²) in [5, 5.41) is 99.7. The number of hydrogen-bond donors (Lipinski definition) is 10. The average Bonchev–Trinajstić information content (AvgIpc) is 2.94. The van der Waals surface area contributed by atoms with Crippen LogP contribution in [-0.4, -0.2) is 189 Å². The first-order valence-corrected chi connectivity index (χ1v) is 14.3. The van der Waals surface area contributed by atoms with E-state index in [9.17, 15) is 40.9 Å². The summed E-state index contributed by atoms with van der Waals surface area (Å²) in [6.07, 6.45) is -7.69. The molecule has 10 N–H and O–H groups in total. The first-order valence-electron chi connectivity index (χ1n) is 14.3. The van der Waals surface area contributed by atoms with Gasteiger partial charge >= 0.3 is 0 Å². The molecule has 8 unspecified atom stereocenters. The van der Waals surface area contributed by atoms with Crippen LogP contribution in [0.1, 0.15) is 39.5 Å². The number of hydrogen-bond acceptors (Lipinski definition) is 14. The van der Waals surface area contributed by atoms with E-state index >= 15 is 0 Å². The van der Waals surface area contributed by atoms with Gasteiger partial charge < -0.3 is 60.5 Å². The number of aliphatic hydroxyl groups is 10. The van der Waals surface area contributed by atoms with E-state index in [4.69, 9.17) is 19.7 Å². The van der Waals surface area contributed by atoms with Crippen LogP contribution in [0, 0.1) is 0 Å². The molecule has 40 heavy (non-hydrogen) atoms. The molecule has 0 aromatic carbocycles. The maximum atomic E-state index is 10.5. The molecular formula is C26H56N2O12. The summed E-state index contributed by atoms with van der Waals surface area (Å²) in [6, 6.07) is 0. The molecule has 0 aromatic heterocycles. The minimum atomic E-state index is -1.64. The summed E-state index contributed by atoms with van der Waals surface area (Å²) < 4.78 is 10.9. The van der Waals surface area contributed by atoms with Gasteiger partial charge in [0.15, 0.2) is 0 Å². The molecule has 0 heterocycles. The molecule has 14 nitrogen and oxygen atoms in total. The Labute approximate surface area is 238 Å². The van der Waals surface area contributed by atoms with Crippen molar-refractivity contribution in [3.63, 3.8) is 0 Å². The Morgan fingerprint density at radius 3 is 1.18 bits per heavy atom. The van der Waals surface area contributed by atoms with Crippen LogP contribution in [-0.2, 0) is 9.47 Å². The van der Waals surface area contributed by atoms with Crippen molar-refractivity contribution < 1.29 is 60.5 Å². The molecule has 0 bridgehead atoms. The Hall–Kier alpha value is -0.560. The largest absolute Gasteiger partial charge is 0.394 e. The van der Waals surface area contributed by atoms with Crippen LogP contribution in [0.25, 0.3) is 0 Å². The van der Waals surface area contributed by atoms with Crippen LogP contribution >= 0.6 is 0 Å². The predicted octanol–water partition coefficient (Wildman–Crippen LogP) is -3.90. The zero-order valence-electron chi connectivity index (χ0n) is 24.1. The molecule has 0 aliphatic heterocycles. The molecule has 0 rings (SSSR count). The number of nitrogens with zero attached hydrogens (tertiary/aromatic N) is 2. The van der Waals surface area contributed by atoms with Gasteiger partial charge in [-0.25, -0.2) is 0 Å². The minimum Gasteiger partial charge on any atom is -0.394 e. The van der Waals surface area contributed by atoms with Crippen molar-refractivity contribution in [1.82, 2.24) is 9.80 Å². The van der Waals surface area contributed by atoms with Gasteiger partial charge in [0.2, 0.25) is 0 Å². The van der Waals surface area contributed by atoms with E-state index in [0.29, 0.717) is 13.2 Å². The summed E-state index contributed by atoms with van der Waals surface area (Å²) in [5.74, 6) is 0. The SMILES string of the molecule is CCCCOCC(O)CN(CCN(CC(O)COCCCC)CC(O)C(O)C(O)CO)CC(O)C(O)C(O)CO. The normalized spacial score (nSPS) is 18.4. The fourth-order valence-electron chi connectivity index (χ4n) is 3.90. The quantitative estimate of drug-likeness (QED) is 0.0414. The van der Waals surface area contributed by atoms with E-state index in [2.05, 4.69) is 0 Å². The molecule has 0 radical (unpaired) electrons. The van der Waals surface area contributed by atoms with Crippen molar-refractivity contribution in [2.45, 2.75) is 88.4 Å². The van der Waals surface area contributed by atoms with Gasteiger partial charge in [0.25, 0.3) is 0 Å². The highest BCUT2D eigenvalue weighted by atomic mass is 16.5. The van der Waals surface area contributed by atoms with E-state index < -0.39 is 62.0 Å². The third-order valence-corrected chi connectivity index (χ3v) is 6.42. The van der Waals surface area contributed by atoms with Crippen molar-refractivity contribution in [2.24, 2.45) is 0 Å². The molecule has 8 atom stereocenters. The van der Waals surface area contributed by atoms with Gasteiger partial charge in [0.1, 0.15) is 24.4 Å². The molecular weight excluding hydrogens is 532 g/mol. The van der Waals surface area contributed by atoms with E-state index in [0.717, 1.165) is 25.7 Å². The Morgan fingerprint density at radius 1 is 0.525 bits per heavy atom. The van der Waals surface area contributed by atoms with Crippen LogP contribution in [0.3, 0.4) is 0 Å². The first-order chi connectivity index (χ1) is 19.0. The molecule has 0 saturated heterocycles. The molecule has 0 fully saturated rings. The Kier molecular flexibility index (Phi) is 23.6. The second-order valence-electron chi connectivity index (χ2n) is 10.3. The maximum absolute atomic E-state index is 10.5. The Balaban J connectivity index is 5.46. The van der Waals surface area contributed by atoms with Gasteiger partial charge in [-0.15, -0.1) is 0 Å². The summed E-state index contributed by atoms with van der Waals surface area (Å²) in [6.45, 7) is 3.52. The molecule has 0 amide bonds. The fraction of sp³-hybridized carbons (Fsp3) is 1.00. The van der Waals surface area contributed by atoms with Crippen LogP contribution in [0.4, 0.5) is 0 Å². The van der Waals surface area contributed by atoms with Gasteiger partial charge in [-0.2, -0.15) is 0 Å². The van der Waals surface area contributed by atoms with E-state index in [1.165, 1.54) is 0 Å². The maximum Gasteiger partial charge on any atom is 0.109 e. The third-order valence-electron chi connectivity index (χ3n) is 6.42. The third kappa shape index (κ3) is 18.1. The zero-order valence-corrected chi connectivity index (χ0v) is 24.1. The topological polar surface area (TPSA) is 227 Å². The lowest BCUT2D eigenvalue weighted by Gasteiger charge is -2.34. The fourth-order valence-corrected chi connectivity index (χ4v) is 3.90. The predicted molar refractivity (Wildman–Crippen MR) is 147 cm³/mol. The lowest BCUT2D eigenvalue weighted by atomic mass is 10.1. The summed E-state index contributed by atoms with van der Waals surface area (Å²) in [4.78, 5) is 3.21. The molecule has 0 aliphatic rings. The van der Waals surface area contributed by atoms with E-state index in [1.54, 1.807) is 9.80 Å². The first kappa shape index (κ1) is 39.4. The van der Waals surface area contributed by atoms with Gasteiger partial charge in [0, 0.05) is 52.5 Å². The standard InChI is InChI=1S/C26H56N2O12/c1-3-5-9-39-17-19(31)11-27(13-21(33)25(37)23(35)15-29)7-8-28(12-20(32)18-40-10-6-4-2)14-22(34)26(38)24(36)16-30/h19-26,29-38H,3-18H2,1-2H3. The smallest absolute Gasteiger partial charge is 0.109 e. The van der Waals surface area contributed by atoms with E-state index in [-0.39, 0.29) is 52.5 Å². The second-order valence-corrected chi connectivity index (χ2v) is 10.3. The van der Waals surface area contributed by atoms with Crippen molar-refractivity contribution in [3.05, 3.63) is 0 Å². The Morgan fingerprint density at radius 2 is 0.875 bits per heavy atom. The Bertz CT molecular complexity index is 534. The lowest BCUT2D eigenvalue weighted by molar-refractivity contribution is -0.0922. The summed E-state index contributed by atoms with van der Waals surface area (Å²) in [7, 11) is 0. The molecule has 0 saturated carbocycles. The van der Waals surface area contributed by atoms with Gasteiger partial charge in [0.05, 0.1) is 50.8 Å². The minimum absolute atomic E-state index is 0.0239. The monoisotopic (exact) mass is 588 g/mol. The van der Waals surface area contributed by atoms with Crippen LogP contribution in [0.2, 0.25) is 0 Å². The highest BCUT2D eigenvalue weighted by Gasteiger charge is 2.29. The van der Waals surface area contributed by atoms with Crippen LogP contribution in [0.15, 0.2) is 0 Å². The molecule has 0 spiro atoms. The number of unbranched alkanes of at least 4 members (excludes halogenated alkanes) is 2. The number of rotatable bonds is 27. The van der Waals surface area contributed by atoms with Gasteiger partial charge in [-0.1, -0.05) is 26.7 Å². The van der Waals surface area contributed by atoms with Crippen molar-refractivity contribution in [2.75, 3.05) is 78.9 Å². The lowest BCUT2D eigenvalue weighted by Crippen LogP contribution is -2.51. The summed E-state index contributed by atoms with van der Waals surface area (Å²) >= 11 is 0.